The van der Waals surface area contributed by atoms with Gasteiger partial charge in [-0.25, -0.2) is 0 Å². The van der Waals surface area contributed by atoms with Crippen molar-refractivity contribution in [2.45, 2.75) is 6.10 Å². The maximum atomic E-state index is 11.3. The third kappa shape index (κ3) is 9.67. The lowest BCUT2D eigenvalue weighted by molar-refractivity contribution is -0.228. The first-order valence-corrected chi connectivity index (χ1v) is 6.64. The van der Waals surface area contributed by atoms with E-state index >= 15 is 0 Å². The van der Waals surface area contributed by atoms with Gasteiger partial charge in [0.15, 0.2) is 0 Å². The van der Waals surface area contributed by atoms with Crippen LogP contribution in [0.3, 0.4) is 0 Å². The second kappa shape index (κ2) is 8.99. The third-order valence-corrected chi connectivity index (χ3v) is 2.86. The van der Waals surface area contributed by atoms with Gasteiger partial charge in [-0.2, -0.15) is 0 Å². The van der Waals surface area contributed by atoms with Crippen molar-refractivity contribution in [3.63, 3.8) is 0 Å². The summed E-state index contributed by atoms with van der Waals surface area (Å²) in [5.41, 5.74) is 0. The standard InChI is InChI=1S/C9H22NO6P/c1-10(2)5-6-15-17(11,12)16-8-9(14-4)7-13-3/h9H,5-8H2,1-4H3,(H,11,12)/p-1. The molecule has 7 nitrogen and oxygen atoms in total. The van der Waals surface area contributed by atoms with Gasteiger partial charge in [0.25, 0.3) is 7.82 Å². The molecule has 0 aliphatic heterocycles. The van der Waals surface area contributed by atoms with E-state index in [4.69, 9.17) is 9.47 Å². The quantitative estimate of drug-likeness (QED) is 0.505. The molecule has 0 aliphatic rings. The van der Waals surface area contributed by atoms with Crippen LogP contribution in [0.4, 0.5) is 0 Å². The van der Waals surface area contributed by atoms with Gasteiger partial charge in [0.2, 0.25) is 0 Å². The minimum Gasteiger partial charge on any atom is -0.756 e. The Morgan fingerprint density at radius 1 is 1.24 bits per heavy atom. The molecule has 0 aromatic rings. The fourth-order valence-corrected chi connectivity index (χ4v) is 1.65. The van der Waals surface area contributed by atoms with Crippen LogP contribution in [-0.2, 0) is 23.1 Å². The first kappa shape index (κ1) is 17.0. The molecule has 0 aromatic heterocycles. The second-order valence-corrected chi connectivity index (χ2v) is 5.10. The number of hydrogen-bond donors (Lipinski definition) is 0. The zero-order chi connectivity index (χ0) is 13.3. The van der Waals surface area contributed by atoms with Crippen LogP contribution in [0.1, 0.15) is 0 Å². The highest BCUT2D eigenvalue weighted by molar-refractivity contribution is 7.45. The molecular formula is C9H21NO6P-. The van der Waals surface area contributed by atoms with Gasteiger partial charge in [0.1, 0.15) is 6.10 Å². The number of phosphoric ester groups is 1. The van der Waals surface area contributed by atoms with Crippen LogP contribution in [-0.4, -0.2) is 65.7 Å². The van der Waals surface area contributed by atoms with Crippen molar-refractivity contribution in [1.82, 2.24) is 4.90 Å². The second-order valence-electron chi connectivity index (χ2n) is 3.69. The highest BCUT2D eigenvalue weighted by Crippen LogP contribution is 2.38. The molecule has 0 radical (unpaired) electrons. The molecule has 0 saturated heterocycles. The van der Waals surface area contributed by atoms with E-state index in [9.17, 15) is 9.46 Å². The topological polar surface area (TPSA) is 80.3 Å². The van der Waals surface area contributed by atoms with Crippen molar-refractivity contribution in [1.29, 1.82) is 0 Å². The third-order valence-electron chi connectivity index (χ3n) is 1.89. The summed E-state index contributed by atoms with van der Waals surface area (Å²) >= 11 is 0. The largest absolute Gasteiger partial charge is 0.756 e. The molecule has 0 N–H and O–H groups in total. The molecule has 8 heteroatoms. The van der Waals surface area contributed by atoms with E-state index in [1.165, 1.54) is 14.2 Å². The van der Waals surface area contributed by atoms with Gasteiger partial charge in [-0.3, -0.25) is 4.57 Å². The van der Waals surface area contributed by atoms with Gasteiger partial charge in [0, 0.05) is 20.8 Å². The van der Waals surface area contributed by atoms with Crippen molar-refractivity contribution in [3.8, 4) is 0 Å². The summed E-state index contributed by atoms with van der Waals surface area (Å²) in [6.45, 7) is 0.707. The van der Waals surface area contributed by atoms with Crippen molar-refractivity contribution < 1.29 is 28.0 Å². The highest BCUT2D eigenvalue weighted by Gasteiger charge is 2.14. The minimum absolute atomic E-state index is 0.0652. The molecule has 2 atom stereocenters. The monoisotopic (exact) mass is 270 g/mol. The molecule has 0 amide bonds. The lowest BCUT2D eigenvalue weighted by Gasteiger charge is -2.25. The molecular weight excluding hydrogens is 249 g/mol. The van der Waals surface area contributed by atoms with Crippen LogP contribution in [0.25, 0.3) is 0 Å². The predicted molar refractivity (Wildman–Crippen MR) is 60.7 cm³/mol. The normalized spacial score (nSPS) is 17.1. The van der Waals surface area contributed by atoms with E-state index in [2.05, 4.69) is 9.05 Å². The zero-order valence-electron chi connectivity index (χ0n) is 10.7. The Morgan fingerprint density at radius 3 is 2.35 bits per heavy atom. The summed E-state index contributed by atoms with van der Waals surface area (Å²) in [7, 11) is 2.34. The number of likely N-dealkylation sites (N-methyl/N-ethyl adjacent to an activating group) is 1. The number of hydrogen-bond acceptors (Lipinski definition) is 7. The Labute approximate surface area is 102 Å². The van der Waals surface area contributed by atoms with Crippen molar-refractivity contribution >= 4 is 7.82 Å². The number of ether oxygens (including phenoxy) is 2. The average Bonchev–Trinajstić information content (AvgIpc) is 2.23. The molecule has 0 heterocycles. The van der Waals surface area contributed by atoms with Gasteiger partial charge in [-0.15, -0.1) is 0 Å². The summed E-state index contributed by atoms with van der Waals surface area (Å²) < 4.78 is 30.4. The van der Waals surface area contributed by atoms with Crippen molar-refractivity contribution in [2.24, 2.45) is 0 Å². The summed E-state index contributed by atoms with van der Waals surface area (Å²) in [5, 5.41) is 0. The molecule has 2 unspecified atom stereocenters. The van der Waals surface area contributed by atoms with E-state index in [0.29, 0.717) is 6.54 Å². The molecule has 17 heavy (non-hydrogen) atoms. The maximum Gasteiger partial charge on any atom is 0.268 e. The molecule has 0 aromatic carbocycles. The predicted octanol–water partition coefficient (Wildman–Crippen LogP) is -0.289. The van der Waals surface area contributed by atoms with E-state index in [1.807, 2.05) is 19.0 Å². The molecule has 0 saturated carbocycles. The van der Waals surface area contributed by atoms with Crippen LogP contribution in [0, 0.1) is 0 Å². The van der Waals surface area contributed by atoms with Crippen LogP contribution >= 0.6 is 7.82 Å². The first-order valence-electron chi connectivity index (χ1n) is 5.18. The summed E-state index contributed by atoms with van der Waals surface area (Å²) in [4.78, 5) is 13.1. The van der Waals surface area contributed by atoms with Gasteiger partial charge >= 0.3 is 0 Å². The van der Waals surface area contributed by atoms with E-state index in [0.717, 1.165) is 0 Å². The zero-order valence-corrected chi connectivity index (χ0v) is 11.6. The smallest absolute Gasteiger partial charge is 0.268 e. The maximum absolute atomic E-state index is 11.3. The molecule has 0 fully saturated rings. The Bertz CT molecular complexity index is 238. The molecule has 0 aliphatic carbocycles. The van der Waals surface area contributed by atoms with Gasteiger partial charge < -0.3 is 28.3 Å². The van der Waals surface area contributed by atoms with Gasteiger partial charge in [-0.05, 0) is 14.1 Å². The average molecular weight is 270 g/mol. The molecule has 104 valence electrons. The van der Waals surface area contributed by atoms with Crippen LogP contribution in [0.5, 0.6) is 0 Å². The van der Waals surface area contributed by atoms with E-state index in [-0.39, 0.29) is 19.8 Å². The fraction of sp³-hybridized carbons (Fsp3) is 1.00. The van der Waals surface area contributed by atoms with Crippen LogP contribution < -0.4 is 4.89 Å². The Kier molecular flexibility index (Phi) is 8.99. The van der Waals surface area contributed by atoms with Gasteiger partial charge in [-0.1, -0.05) is 0 Å². The summed E-state index contributed by atoms with van der Waals surface area (Å²) in [6.07, 6.45) is -0.431. The van der Waals surface area contributed by atoms with Crippen LogP contribution in [0.2, 0.25) is 0 Å². The SMILES string of the molecule is COCC(COP(=O)([O-])OCCN(C)C)OC. The van der Waals surface area contributed by atoms with Gasteiger partial charge in [0.05, 0.1) is 19.8 Å². The van der Waals surface area contributed by atoms with Crippen LogP contribution in [0.15, 0.2) is 0 Å². The summed E-state index contributed by atoms with van der Waals surface area (Å²) in [6, 6.07) is 0. The lowest BCUT2D eigenvalue weighted by Crippen LogP contribution is -2.25. The first-order chi connectivity index (χ1) is 7.91. The number of rotatable bonds is 10. The Balaban J connectivity index is 3.86. The van der Waals surface area contributed by atoms with Crippen molar-refractivity contribution in [2.75, 3.05) is 54.7 Å². The lowest BCUT2D eigenvalue weighted by atomic mass is 10.4. The van der Waals surface area contributed by atoms with E-state index < -0.39 is 13.9 Å². The molecule has 0 spiro atoms. The van der Waals surface area contributed by atoms with Crippen molar-refractivity contribution in [3.05, 3.63) is 0 Å². The highest BCUT2D eigenvalue weighted by atomic mass is 31.2. The molecule has 0 bridgehead atoms. The number of phosphoric acid groups is 1. The Hall–Kier alpha value is -0.0100. The Morgan fingerprint density at radius 2 is 1.88 bits per heavy atom. The van der Waals surface area contributed by atoms with E-state index in [1.54, 1.807) is 0 Å². The fourth-order valence-electron chi connectivity index (χ4n) is 0.917. The number of nitrogens with zero attached hydrogens (tertiary/aromatic N) is 1. The molecule has 0 rings (SSSR count). The summed E-state index contributed by atoms with van der Waals surface area (Å²) in [5.74, 6) is 0. The minimum atomic E-state index is -4.25. The number of methoxy groups -OCH3 is 2.